The molecule has 102 valence electrons. The average Bonchev–Trinajstić information content (AvgIpc) is 2.29. The van der Waals surface area contributed by atoms with E-state index in [1.54, 1.807) is 7.11 Å². The van der Waals surface area contributed by atoms with Crippen LogP contribution in [0.15, 0.2) is 12.1 Å². The molecule has 0 aromatic heterocycles. The predicted octanol–water partition coefficient (Wildman–Crippen LogP) is 2.73. The number of aryl methyl sites for hydroxylation is 2. The van der Waals surface area contributed by atoms with Crippen LogP contribution in [0.1, 0.15) is 43.6 Å². The first-order valence-corrected chi connectivity index (χ1v) is 6.46. The molecule has 2 N–H and O–H groups in total. The Hall–Kier alpha value is -1.06. The standard InChI is InChI=1S/C15H25NO2/c1-9(2)16-12(5)15(17)13-7-11(4)14(18-6)8-10(13)3/h7-9,12,15-17H,1-6H3. The van der Waals surface area contributed by atoms with Crippen LogP contribution in [0.3, 0.4) is 0 Å². The van der Waals surface area contributed by atoms with Gasteiger partial charge in [0.2, 0.25) is 0 Å². The van der Waals surface area contributed by atoms with Gasteiger partial charge >= 0.3 is 0 Å². The first-order chi connectivity index (χ1) is 8.36. The summed E-state index contributed by atoms with van der Waals surface area (Å²) in [7, 11) is 1.67. The Morgan fingerprint density at radius 3 is 2.22 bits per heavy atom. The van der Waals surface area contributed by atoms with Gasteiger partial charge in [0.25, 0.3) is 0 Å². The lowest BCUT2D eigenvalue weighted by atomic mass is 9.96. The number of methoxy groups -OCH3 is 1. The van der Waals surface area contributed by atoms with Crippen LogP contribution in [0.5, 0.6) is 5.75 Å². The molecule has 0 fully saturated rings. The minimum absolute atomic E-state index is 0.0245. The van der Waals surface area contributed by atoms with Gasteiger partial charge in [0.1, 0.15) is 5.75 Å². The lowest BCUT2D eigenvalue weighted by Crippen LogP contribution is -2.37. The van der Waals surface area contributed by atoms with Gasteiger partial charge in [-0.2, -0.15) is 0 Å². The number of nitrogens with one attached hydrogen (secondary N) is 1. The molecule has 0 aliphatic rings. The number of ether oxygens (including phenoxy) is 1. The third-order valence-electron chi connectivity index (χ3n) is 3.17. The number of hydrogen-bond donors (Lipinski definition) is 2. The SMILES string of the molecule is COc1cc(C)c(C(O)C(C)NC(C)C)cc1C. The van der Waals surface area contributed by atoms with Crippen molar-refractivity contribution in [3.05, 3.63) is 28.8 Å². The van der Waals surface area contributed by atoms with Crippen molar-refractivity contribution >= 4 is 0 Å². The third kappa shape index (κ3) is 3.47. The molecule has 2 unspecified atom stereocenters. The minimum atomic E-state index is -0.503. The van der Waals surface area contributed by atoms with Crippen molar-refractivity contribution in [2.45, 2.75) is 52.8 Å². The maximum atomic E-state index is 10.4. The third-order valence-corrected chi connectivity index (χ3v) is 3.17. The van der Waals surface area contributed by atoms with E-state index in [-0.39, 0.29) is 6.04 Å². The Balaban J connectivity index is 2.98. The highest BCUT2D eigenvalue weighted by molar-refractivity contribution is 5.42. The fourth-order valence-electron chi connectivity index (χ4n) is 2.24. The summed E-state index contributed by atoms with van der Waals surface area (Å²) in [5.41, 5.74) is 3.07. The molecule has 0 radical (unpaired) electrons. The predicted molar refractivity (Wildman–Crippen MR) is 75.2 cm³/mol. The highest BCUT2D eigenvalue weighted by atomic mass is 16.5. The zero-order valence-corrected chi connectivity index (χ0v) is 12.2. The van der Waals surface area contributed by atoms with E-state index in [4.69, 9.17) is 4.74 Å². The first-order valence-electron chi connectivity index (χ1n) is 6.46. The summed E-state index contributed by atoms with van der Waals surface area (Å²) in [6, 6.07) is 4.37. The van der Waals surface area contributed by atoms with Gasteiger partial charge in [-0.15, -0.1) is 0 Å². The number of benzene rings is 1. The normalized spacial score (nSPS) is 14.7. The number of aliphatic hydroxyl groups is 1. The van der Waals surface area contributed by atoms with Crippen molar-refractivity contribution in [2.75, 3.05) is 7.11 Å². The Morgan fingerprint density at radius 2 is 1.72 bits per heavy atom. The molecule has 0 heterocycles. The van der Waals surface area contributed by atoms with Crippen LogP contribution in [0, 0.1) is 13.8 Å². The van der Waals surface area contributed by atoms with Crippen LogP contribution in [-0.4, -0.2) is 24.3 Å². The molecule has 0 saturated heterocycles. The molecule has 0 aliphatic heterocycles. The molecule has 0 aliphatic carbocycles. The largest absolute Gasteiger partial charge is 0.496 e. The van der Waals surface area contributed by atoms with E-state index in [0.29, 0.717) is 6.04 Å². The molecule has 3 nitrogen and oxygen atoms in total. The van der Waals surface area contributed by atoms with Crippen molar-refractivity contribution in [1.82, 2.24) is 5.32 Å². The Kier molecular flexibility index (Phi) is 5.17. The quantitative estimate of drug-likeness (QED) is 0.845. The molecule has 1 aromatic carbocycles. The van der Waals surface area contributed by atoms with Crippen molar-refractivity contribution in [3.8, 4) is 5.75 Å². The van der Waals surface area contributed by atoms with Crippen LogP contribution in [-0.2, 0) is 0 Å². The average molecular weight is 251 g/mol. The lowest BCUT2D eigenvalue weighted by Gasteiger charge is -2.25. The molecule has 0 saturated carbocycles. The van der Waals surface area contributed by atoms with E-state index >= 15 is 0 Å². The van der Waals surface area contributed by atoms with Gasteiger partial charge in [-0.3, -0.25) is 0 Å². The zero-order chi connectivity index (χ0) is 13.9. The van der Waals surface area contributed by atoms with E-state index in [2.05, 4.69) is 19.2 Å². The molecular formula is C15H25NO2. The molecule has 3 heteroatoms. The van der Waals surface area contributed by atoms with Crippen LogP contribution < -0.4 is 10.1 Å². The second kappa shape index (κ2) is 6.21. The van der Waals surface area contributed by atoms with E-state index in [9.17, 15) is 5.11 Å². The van der Waals surface area contributed by atoms with E-state index in [1.165, 1.54) is 0 Å². The van der Waals surface area contributed by atoms with Gasteiger partial charge in [-0.25, -0.2) is 0 Å². The highest BCUT2D eigenvalue weighted by Gasteiger charge is 2.19. The molecule has 0 bridgehead atoms. The van der Waals surface area contributed by atoms with Gasteiger partial charge in [0.15, 0.2) is 0 Å². The van der Waals surface area contributed by atoms with Gasteiger partial charge in [0.05, 0.1) is 13.2 Å². The molecule has 2 atom stereocenters. The van der Waals surface area contributed by atoms with Crippen LogP contribution in [0.25, 0.3) is 0 Å². The summed E-state index contributed by atoms with van der Waals surface area (Å²) in [5, 5.41) is 13.7. The van der Waals surface area contributed by atoms with Crippen molar-refractivity contribution in [1.29, 1.82) is 0 Å². The number of rotatable bonds is 5. The molecule has 0 spiro atoms. The second-order valence-electron chi connectivity index (χ2n) is 5.23. The first kappa shape index (κ1) is 15.0. The Labute approximate surface area is 110 Å². The maximum Gasteiger partial charge on any atom is 0.122 e. The second-order valence-corrected chi connectivity index (χ2v) is 5.23. The lowest BCUT2D eigenvalue weighted by molar-refractivity contribution is 0.131. The highest BCUT2D eigenvalue weighted by Crippen LogP contribution is 2.28. The van der Waals surface area contributed by atoms with Gasteiger partial charge in [-0.1, -0.05) is 13.8 Å². The van der Waals surface area contributed by atoms with Gasteiger partial charge in [0, 0.05) is 12.1 Å². The number of aliphatic hydroxyl groups excluding tert-OH is 1. The minimum Gasteiger partial charge on any atom is -0.496 e. The Morgan fingerprint density at radius 1 is 1.11 bits per heavy atom. The molecule has 18 heavy (non-hydrogen) atoms. The zero-order valence-electron chi connectivity index (χ0n) is 12.2. The van der Waals surface area contributed by atoms with Crippen LogP contribution >= 0.6 is 0 Å². The van der Waals surface area contributed by atoms with E-state index < -0.39 is 6.10 Å². The van der Waals surface area contributed by atoms with Crippen molar-refractivity contribution in [2.24, 2.45) is 0 Å². The van der Waals surface area contributed by atoms with Crippen molar-refractivity contribution < 1.29 is 9.84 Å². The van der Waals surface area contributed by atoms with E-state index in [1.807, 2.05) is 32.9 Å². The molecule has 1 rings (SSSR count). The summed E-state index contributed by atoms with van der Waals surface area (Å²) < 4.78 is 5.29. The summed E-state index contributed by atoms with van der Waals surface area (Å²) >= 11 is 0. The molecule has 0 amide bonds. The summed E-state index contributed by atoms with van der Waals surface area (Å²) in [6.07, 6.45) is -0.503. The molecule has 1 aromatic rings. The Bertz CT molecular complexity index is 402. The fourth-order valence-corrected chi connectivity index (χ4v) is 2.24. The fraction of sp³-hybridized carbons (Fsp3) is 0.600. The van der Waals surface area contributed by atoms with Crippen LogP contribution in [0.4, 0.5) is 0 Å². The van der Waals surface area contributed by atoms with Crippen molar-refractivity contribution in [3.63, 3.8) is 0 Å². The monoisotopic (exact) mass is 251 g/mol. The summed E-state index contributed by atoms with van der Waals surface area (Å²) in [5.74, 6) is 0.868. The van der Waals surface area contributed by atoms with Crippen LogP contribution in [0.2, 0.25) is 0 Å². The summed E-state index contributed by atoms with van der Waals surface area (Å²) in [6.45, 7) is 10.2. The topological polar surface area (TPSA) is 41.5 Å². The summed E-state index contributed by atoms with van der Waals surface area (Å²) in [4.78, 5) is 0. The molecular weight excluding hydrogens is 226 g/mol. The van der Waals surface area contributed by atoms with Gasteiger partial charge in [-0.05, 0) is 49.6 Å². The smallest absolute Gasteiger partial charge is 0.122 e. The van der Waals surface area contributed by atoms with E-state index in [0.717, 1.165) is 22.4 Å². The van der Waals surface area contributed by atoms with Gasteiger partial charge < -0.3 is 15.2 Å². The number of hydrogen-bond acceptors (Lipinski definition) is 3. The maximum absolute atomic E-state index is 10.4.